The molecule has 134 valence electrons. The molecule has 1 heterocycles. The maximum absolute atomic E-state index is 10.6. The lowest BCUT2D eigenvalue weighted by molar-refractivity contribution is 0.303. The molecular formula is C23H20N2O2. The third kappa shape index (κ3) is 3.55. The highest BCUT2D eigenvalue weighted by molar-refractivity contribution is 5.83. The molecule has 1 aromatic heterocycles. The number of hydrogen-bond acceptors (Lipinski definition) is 3. The first kappa shape index (κ1) is 16.9. The summed E-state index contributed by atoms with van der Waals surface area (Å²) in [4.78, 5) is 0. The first-order valence-corrected chi connectivity index (χ1v) is 8.82. The predicted octanol–water partition coefficient (Wildman–Crippen LogP) is 5.34. The van der Waals surface area contributed by atoms with Crippen LogP contribution in [0, 0.1) is 6.92 Å². The molecule has 0 bridgehead atoms. The van der Waals surface area contributed by atoms with Crippen molar-refractivity contribution in [1.29, 1.82) is 0 Å². The van der Waals surface area contributed by atoms with Crippen molar-refractivity contribution in [2.75, 3.05) is 0 Å². The lowest BCUT2D eigenvalue weighted by Gasteiger charge is -2.11. The Labute approximate surface area is 158 Å². The number of aryl methyl sites for hydroxylation is 1. The zero-order chi connectivity index (χ0) is 18.6. The van der Waals surface area contributed by atoms with E-state index in [1.165, 1.54) is 5.56 Å². The summed E-state index contributed by atoms with van der Waals surface area (Å²) >= 11 is 0. The van der Waals surface area contributed by atoms with Crippen LogP contribution in [0.3, 0.4) is 0 Å². The van der Waals surface area contributed by atoms with Gasteiger partial charge in [0.1, 0.15) is 18.1 Å². The van der Waals surface area contributed by atoms with Gasteiger partial charge in [-0.3, -0.25) is 5.10 Å². The molecule has 4 rings (SSSR count). The minimum absolute atomic E-state index is 0.152. The standard InChI is InChI=1S/C23H20N2O2/c1-16-7-5-6-10-18(16)15-27-19-11-12-20(22(26)13-19)23-21(14-24-25-23)17-8-3-2-4-9-17/h2-14,26H,15H2,1H3,(H,24,25). The number of rotatable bonds is 5. The largest absolute Gasteiger partial charge is 0.507 e. The molecule has 2 N–H and O–H groups in total. The zero-order valence-electron chi connectivity index (χ0n) is 15.0. The van der Waals surface area contributed by atoms with Crippen molar-refractivity contribution in [3.63, 3.8) is 0 Å². The molecule has 4 nitrogen and oxygen atoms in total. The molecule has 0 aliphatic rings. The fourth-order valence-corrected chi connectivity index (χ4v) is 3.07. The number of aromatic amines is 1. The van der Waals surface area contributed by atoms with E-state index in [0.29, 0.717) is 17.9 Å². The van der Waals surface area contributed by atoms with E-state index in [4.69, 9.17) is 4.74 Å². The molecule has 0 saturated carbocycles. The summed E-state index contributed by atoms with van der Waals surface area (Å²) in [5, 5.41) is 17.7. The number of benzene rings is 3. The average molecular weight is 356 g/mol. The Hall–Kier alpha value is -3.53. The number of nitrogens with zero attached hydrogens (tertiary/aromatic N) is 1. The summed E-state index contributed by atoms with van der Waals surface area (Å²) in [6, 6.07) is 23.4. The van der Waals surface area contributed by atoms with Gasteiger partial charge in [-0.1, -0.05) is 54.6 Å². The average Bonchev–Trinajstić information content (AvgIpc) is 3.18. The number of phenolic OH excluding ortho intramolecular Hbond substituents is 1. The number of hydrogen-bond donors (Lipinski definition) is 2. The maximum atomic E-state index is 10.6. The van der Waals surface area contributed by atoms with Crippen molar-refractivity contribution in [2.45, 2.75) is 13.5 Å². The minimum atomic E-state index is 0.152. The SMILES string of the molecule is Cc1ccccc1COc1ccc(-c2[nH]ncc2-c2ccccc2)c(O)c1. The van der Waals surface area contributed by atoms with E-state index in [2.05, 4.69) is 23.2 Å². The minimum Gasteiger partial charge on any atom is -0.507 e. The molecule has 0 atom stereocenters. The fourth-order valence-electron chi connectivity index (χ4n) is 3.07. The molecule has 0 spiro atoms. The van der Waals surface area contributed by atoms with E-state index in [9.17, 15) is 5.11 Å². The summed E-state index contributed by atoms with van der Waals surface area (Å²) < 4.78 is 5.86. The van der Waals surface area contributed by atoms with Gasteiger partial charge in [-0.15, -0.1) is 0 Å². The number of nitrogens with one attached hydrogen (secondary N) is 1. The molecule has 0 radical (unpaired) electrons. The smallest absolute Gasteiger partial charge is 0.128 e. The number of phenols is 1. The molecule has 0 unspecified atom stereocenters. The molecule has 0 aliphatic heterocycles. The van der Waals surface area contributed by atoms with Crippen molar-refractivity contribution in [1.82, 2.24) is 10.2 Å². The number of aromatic hydroxyl groups is 1. The molecule has 4 aromatic rings. The van der Waals surface area contributed by atoms with Crippen LogP contribution < -0.4 is 4.74 Å². The van der Waals surface area contributed by atoms with Gasteiger partial charge in [0, 0.05) is 17.2 Å². The van der Waals surface area contributed by atoms with Gasteiger partial charge in [-0.25, -0.2) is 0 Å². The Kier molecular flexibility index (Phi) is 4.62. The maximum Gasteiger partial charge on any atom is 0.128 e. The highest BCUT2D eigenvalue weighted by Gasteiger charge is 2.14. The van der Waals surface area contributed by atoms with Gasteiger partial charge in [-0.05, 0) is 35.7 Å². The van der Waals surface area contributed by atoms with Gasteiger partial charge in [0.05, 0.1) is 11.9 Å². The van der Waals surface area contributed by atoms with Crippen molar-refractivity contribution in [2.24, 2.45) is 0 Å². The van der Waals surface area contributed by atoms with Crippen molar-refractivity contribution in [3.05, 3.63) is 90.1 Å². The first-order chi connectivity index (χ1) is 13.2. The van der Waals surface area contributed by atoms with E-state index in [1.54, 1.807) is 12.3 Å². The van der Waals surface area contributed by atoms with Crippen molar-refractivity contribution in [3.8, 4) is 33.9 Å². The lowest BCUT2D eigenvalue weighted by Crippen LogP contribution is -1.97. The normalized spacial score (nSPS) is 10.7. The molecule has 0 saturated heterocycles. The third-order valence-electron chi connectivity index (χ3n) is 4.62. The van der Waals surface area contributed by atoms with E-state index in [-0.39, 0.29) is 5.75 Å². The molecule has 0 fully saturated rings. The first-order valence-electron chi connectivity index (χ1n) is 8.82. The second-order valence-corrected chi connectivity index (χ2v) is 6.42. The number of ether oxygens (including phenoxy) is 1. The molecule has 0 aliphatic carbocycles. The molecule has 4 heteroatoms. The van der Waals surface area contributed by atoms with E-state index >= 15 is 0 Å². The van der Waals surface area contributed by atoms with Crippen LogP contribution in [0.2, 0.25) is 0 Å². The van der Waals surface area contributed by atoms with E-state index in [0.717, 1.165) is 22.4 Å². The van der Waals surface area contributed by atoms with Gasteiger partial charge < -0.3 is 9.84 Å². The Morgan fingerprint density at radius 2 is 1.70 bits per heavy atom. The quantitative estimate of drug-likeness (QED) is 0.508. The molecule has 0 amide bonds. The summed E-state index contributed by atoms with van der Waals surface area (Å²) in [5.41, 5.74) is 5.77. The topological polar surface area (TPSA) is 58.1 Å². The summed E-state index contributed by atoms with van der Waals surface area (Å²) in [6.07, 6.45) is 1.77. The Morgan fingerprint density at radius 3 is 2.48 bits per heavy atom. The Morgan fingerprint density at radius 1 is 0.926 bits per heavy atom. The monoisotopic (exact) mass is 356 g/mol. The Balaban J connectivity index is 1.58. The summed E-state index contributed by atoms with van der Waals surface area (Å²) in [7, 11) is 0. The fraction of sp³-hybridized carbons (Fsp3) is 0.0870. The second-order valence-electron chi connectivity index (χ2n) is 6.42. The van der Waals surface area contributed by atoms with Crippen LogP contribution in [-0.2, 0) is 6.61 Å². The van der Waals surface area contributed by atoms with Crippen LogP contribution in [0.5, 0.6) is 11.5 Å². The summed E-state index contributed by atoms with van der Waals surface area (Å²) in [5.74, 6) is 0.777. The second kappa shape index (κ2) is 7.38. The van der Waals surface area contributed by atoms with Crippen LogP contribution in [0.15, 0.2) is 79.0 Å². The van der Waals surface area contributed by atoms with Gasteiger partial charge in [0.15, 0.2) is 0 Å². The lowest BCUT2D eigenvalue weighted by atomic mass is 10.0. The van der Waals surface area contributed by atoms with Crippen LogP contribution in [0.4, 0.5) is 0 Å². The molecule has 3 aromatic carbocycles. The van der Waals surface area contributed by atoms with Gasteiger partial charge in [-0.2, -0.15) is 5.10 Å². The highest BCUT2D eigenvalue weighted by Crippen LogP contribution is 2.37. The van der Waals surface area contributed by atoms with Crippen LogP contribution in [0.25, 0.3) is 22.4 Å². The zero-order valence-corrected chi connectivity index (χ0v) is 15.0. The van der Waals surface area contributed by atoms with E-state index < -0.39 is 0 Å². The highest BCUT2D eigenvalue weighted by atomic mass is 16.5. The number of aromatic nitrogens is 2. The van der Waals surface area contributed by atoms with Gasteiger partial charge in [0.2, 0.25) is 0 Å². The van der Waals surface area contributed by atoms with Gasteiger partial charge in [0.25, 0.3) is 0 Å². The van der Waals surface area contributed by atoms with Crippen molar-refractivity contribution >= 4 is 0 Å². The summed E-state index contributed by atoms with van der Waals surface area (Å²) in [6.45, 7) is 2.52. The third-order valence-corrected chi connectivity index (χ3v) is 4.62. The number of H-pyrrole nitrogens is 1. The van der Waals surface area contributed by atoms with Crippen LogP contribution in [-0.4, -0.2) is 15.3 Å². The Bertz CT molecular complexity index is 1050. The molecular weight excluding hydrogens is 336 g/mol. The van der Waals surface area contributed by atoms with E-state index in [1.807, 2.05) is 60.7 Å². The predicted molar refractivity (Wildman–Crippen MR) is 107 cm³/mol. The van der Waals surface area contributed by atoms with Gasteiger partial charge >= 0.3 is 0 Å². The molecule has 27 heavy (non-hydrogen) atoms. The van der Waals surface area contributed by atoms with Crippen LogP contribution in [0.1, 0.15) is 11.1 Å². The van der Waals surface area contributed by atoms with Crippen molar-refractivity contribution < 1.29 is 9.84 Å². The van der Waals surface area contributed by atoms with Crippen LogP contribution >= 0.6 is 0 Å².